The Morgan fingerprint density at radius 3 is 2.71 bits per heavy atom. The van der Waals surface area contributed by atoms with Gasteiger partial charge in [-0.2, -0.15) is 4.68 Å². The summed E-state index contributed by atoms with van der Waals surface area (Å²) >= 11 is 1.08. The number of hydrogen-bond donors (Lipinski definition) is 1. The predicted octanol–water partition coefficient (Wildman–Crippen LogP) is 2.70. The van der Waals surface area contributed by atoms with Crippen molar-refractivity contribution in [2.24, 2.45) is 0 Å². The zero-order valence-corrected chi connectivity index (χ0v) is 16.4. The number of aromatic nitrogens is 4. The summed E-state index contributed by atoms with van der Waals surface area (Å²) in [4.78, 5) is 12.2. The molecule has 1 aliphatic rings. The van der Waals surface area contributed by atoms with Crippen LogP contribution in [0.5, 0.6) is 17.2 Å². The van der Waals surface area contributed by atoms with Crippen LogP contribution in [0.3, 0.4) is 0 Å². The SMILES string of the molecule is O=C(CSc1nnnn1-c1ccc(OC(F)(F)F)cc1)NCc1ccc2c(c1)OCO2. The summed E-state index contributed by atoms with van der Waals surface area (Å²) in [6.07, 6.45) is -4.77. The van der Waals surface area contributed by atoms with Gasteiger partial charge in [0.15, 0.2) is 11.5 Å². The lowest BCUT2D eigenvalue weighted by Gasteiger charge is -2.09. The molecule has 1 aromatic heterocycles. The molecular weight excluding hydrogens is 439 g/mol. The number of benzene rings is 2. The Morgan fingerprint density at radius 1 is 1.16 bits per heavy atom. The highest BCUT2D eigenvalue weighted by atomic mass is 32.2. The summed E-state index contributed by atoms with van der Waals surface area (Å²) in [6.45, 7) is 0.482. The number of carbonyl (C=O) groups excluding carboxylic acids is 1. The van der Waals surface area contributed by atoms with Crippen LogP contribution in [0.15, 0.2) is 47.6 Å². The van der Waals surface area contributed by atoms with Crippen LogP contribution < -0.4 is 19.5 Å². The lowest BCUT2D eigenvalue weighted by atomic mass is 10.2. The molecule has 0 fully saturated rings. The molecule has 0 bridgehead atoms. The highest BCUT2D eigenvalue weighted by Crippen LogP contribution is 2.32. The van der Waals surface area contributed by atoms with Crippen molar-refractivity contribution < 1.29 is 32.2 Å². The minimum Gasteiger partial charge on any atom is -0.454 e. The third-order valence-electron chi connectivity index (χ3n) is 4.01. The fraction of sp³-hybridized carbons (Fsp3) is 0.222. The smallest absolute Gasteiger partial charge is 0.454 e. The van der Waals surface area contributed by atoms with Crippen LogP contribution in [0.4, 0.5) is 13.2 Å². The molecular formula is C18H14F3N5O4S. The number of fused-ring (bicyclic) bond motifs is 1. The van der Waals surface area contributed by atoms with Crippen molar-refractivity contribution >= 4 is 17.7 Å². The molecule has 9 nitrogen and oxygen atoms in total. The van der Waals surface area contributed by atoms with Gasteiger partial charge in [0.1, 0.15) is 5.75 Å². The monoisotopic (exact) mass is 453 g/mol. The summed E-state index contributed by atoms with van der Waals surface area (Å²) in [5.41, 5.74) is 1.27. The van der Waals surface area contributed by atoms with Crippen molar-refractivity contribution in [1.82, 2.24) is 25.5 Å². The first-order valence-corrected chi connectivity index (χ1v) is 9.78. The Bertz CT molecular complexity index is 1070. The first kappa shape index (κ1) is 20.8. The van der Waals surface area contributed by atoms with Gasteiger partial charge in [0.2, 0.25) is 17.9 Å². The summed E-state index contributed by atoms with van der Waals surface area (Å²) < 4.78 is 52.5. The van der Waals surface area contributed by atoms with Gasteiger partial charge in [0.05, 0.1) is 11.4 Å². The maximum atomic E-state index is 12.3. The molecule has 4 rings (SSSR count). The van der Waals surface area contributed by atoms with Crippen LogP contribution in [-0.2, 0) is 11.3 Å². The molecule has 31 heavy (non-hydrogen) atoms. The van der Waals surface area contributed by atoms with E-state index in [1.54, 1.807) is 12.1 Å². The van der Waals surface area contributed by atoms with Crippen molar-refractivity contribution in [2.75, 3.05) is 12.5 Å². The zero-order valence-electron chi connectivity index (χ0n) is 15.6. The summed E-state index contributed by atoms with van der Waals surface area (Å²) in [7, 11) is 0. The average molecular weight is 453 g/mol. The van der Waals surface area contributed by atoms with Gasteiger partial charge in [0, 0.05) is 6.54 Å². The fourth-order valence-electron chi connectivity index (χ4n) is 2.65. The van der Waals surface area contributed by atoms with E-state index < -0.39 is 6.36 Å². The van der Waals surface area contributed by atoms with Crippen LogP contribution in [0.2, 0.25) is 0 Å². The normalized spacial score (nSPS) is 12.6. The van der Waals surface area contributed by atoms with Crippen molar-refractivity contribution in [3.63, 3.8) is 0 Å². The largest absolute Gasteiger partial charge is 0.573 e. The Labute approximate surface area is 177 Å². The molecule has 0 radical (unpaired) electrons. The standard InChI is InChI=1S/C18H14F3N5O4S/c19-18(20,21)30-13-4-2-12(3-5-13)26-17(23-24-25-26)31-9-16(27)22-8-11-1-6-14-15(7-11)29-10-28-14/h1-7H,8-10H2,(H,22,27). The number of carbonyl (C=O) groups is 1. The number of nitrogens with zero attached hydrogens (tertiary/aromatic N) is 4. The number of thioether (sulfide) groups is 1. The van der Waals surface area contributed by atoms with Gasteiger partial charge in [-0.05, 0) is 52.4 Å². The van der Waals surface area contributed by atoms with E-state index in [-0.39, 0.29) is 24.2 Å². The van der Waals surface area contributed by atoms with E-state index in [0.29, 0.717) is 28.9 Å². The molecule has 0 unspecified atom stereocenters. The molecule has 0 aliphatic carbocycles. The van der Waals surface area contributed by atoms with E-state index in [1.165, 1.54) is 16.8 Å². The topological polar surface area (TPSA) is 100 Å². The Morgan fingerprint density at radius 2 is 1.94 bits per heavy atom. The van der Waals surface area contributed by atoms with Crippen molar-refractivity contribution in [1.29, 1.82) is 0 Å². The van der Waals surface area contributed by atoms with Crippen molar-refractivity contribution in [3.8, 4) is 22.9 Å². The first-order chi connectivity index (χ1) is 14.9. The number of halogens is 3. The molecule has 162 valence electrons. The van der Waals surface area contributed by atoms with Crippen molar-refractivity contribution in [3.05, 3.63) is 48.0 Å². The summed E-state index contributed by atoms with van der Waals surface area (Å²) in [5.74, 6) is 0.732. The third-order valence-corrected chi connectivity index (χ3v) is 4.93. The fourth-order valence-corrected chi connectivity index (χ4v) is 3.37. The second-order valence-corrected chi connectivity index (χ2v) is 7.11. The second-order valence-electron chi connectivity index (χ2n) is 6.17. The Kier molecular flexibility index (Phi) is 5.84. The summed E-state index contributed by atoms with van der Waals surface area (Å²) in [5, 5.41) is 14.3. The van der Waals surface area contributed by atoms with Crippen molar-refractivity contribution in [2.45, 2.75) is 18.1 Å². The molecule has 13 heteroatoms. The lowest BCUT2D eigenvalue weighted by Crippen LogP contribution is -2.24. The maximum absolute atomic E-state index is 12.3. The number of amides is 1. The zero-order chi connectivity index (χ0) is 21.8. The molecule has 0 spiro atoms. The molecule has 0 atom stereocenters. The minimum atomic E-state index is -4.77. The Hall–Kier alpha value is -3.48. The molecule has 1 aliphatic heterocycles. The predicted molar refractivity (Wildman–Crippen MR) is 101 cm³/mol. The molecule has 0 saturated carbocycles. The number of ether oxygens (including phenoxy) is 3. The van der Waals surface area contributed by atoms with Gasteiger partial charge in [-0.1, -0.05) is 17.8 Å². The van der Waals surface area contributed by atoms with Gasteiger partial charge in [-0.25, -0.2) is 0 Å². The quantitative estimate of drug-likeness (QED) is 0.545. The highest BCUT2D eigenvalue weighted by molar-refractivity contribution is 7.99. The molecule has 3 aromatic rings. The number of rotatable bonds is 7. The minimum absolute atomic E-state index is 0.0419. The Balaban J connectivity index is 1.31. The maximum Gasteiger partial charge on any atom is 0.573 e. The molecule has 0 saturated heterocycles. The van der Waals surface area contributed by atoms with E-state index >= 15 is 0 Å². The number of tetrazole rings is 1. The number of nitrogens with one attached hydrogen (secondary N) is 1. The molecule has 2 heterocycles. The van der Waals surface area contributed by atoms with E-state index in [2.05, 4.69) is 25.6 Å². The van der Waals surface area contributed by atoms with Gasteiger partial charge in [-0.15, -0.1) is 18.3 Å². The van der Waals surface area contributed by atoms with Gasteiger partial charge >= 0.3 is 6.36 Å². The molecule has 1 N–H and O–H groups in total. The van der Waals surface area contributed by atoms with Gasteiger partial charge in [0.25, 0.3) is 0 Å². The van der Waals surface area contributed by atoms with Crippen LogP contribution in [0, 0.1) is 0 Å². The average Bonchev–Trinajstić information content (AvgIpc) is 3.39. The second kappa shape index (κ2) is 8.71. The van der Waals surface area contributed by atoms with Crippen LogP contribution in [-0.4, -0.2) is 45.0 Å². The van der Waals surface area contributed by atoms with E-state index in [1.807, 2.05) is 6.07 Å². The van der Waals surface area contributed by atoms with E-state index in [9.17, 15) is 18.0 Å². The molecule has 2 aromatic carbocycles. The number of hydrogen-bond acceptors (Lipinski definition) is 8. The van der Waals surface area contributed by atoms with Crippen LogP contribution in [0.1, 0.15) is 5.56 Å². The van der Waals surface area contributed by atoms with Gasteiger partial charge in [-0.3, -0.25) is 4.79 Å². The van der Waals surface area contributed by atoms with Gasteiger partial charge < -0.3 is 19.5 Å². The van der Waals surface area contributed by atoms with Crippen LogP contribution in [0.25, 0.3) is 5.69 Å². The third kappa shape index (κ3) is 5.36. The summed E-state index contributed by atoms with van der Waals surface area (Å²) in [6, 6.07) is 10.4. The van der Waals surface area contributed by atoms with Crippen LogP contribution >= 0.6 is 11.8 Å². The lowest BCUT2D eigenvalue weighted by molar-refractivity contribution is -0.274. The highest BCUT2D eigenvalue weighted by Gasteiger charge is 2.31. The number of alkyl halides is 3. The van der Waals surface area contributed by atoms with E-state index in [4.69, 9.17) is 9.47 Å². The first-order valence-electron chi connectivity index (χ1n) is 8.80. The molecule has 1 amide bonds. The van der Waals surface area contributed by atoms with E-state index in [0.717, 1.165) is 29.5 Å².